The molecule has 2 fully saturated rings. The molecule has 4 rings (SSSR count). The van der Waals surface area contributed by atoms with E-state index in [0.717, 1.165) is 4.90 Å². The van der Waals surface area contributed by atoms with E-state index < -0.39 is 10.0 Å². The Morgan fingerprint density at radius 2 is 1.66 bits per heavy atom. The van der Waals surface area contributed by atoms with Gasteiger partial charge in [-0.2, -0.15) is 4.98 Å². The van der Waals surface area contributed by atoms with E-state index in [9.17, 15) is 18.0 Å². The van der Waals surface area contributed by atoms with Crippen LogP contribution in [0.2, 0.25) is 0 Å². The average Bonchev–Trinajstić information content (AvgIpc) is 3.12. The van der Waals surface area contributed by atoms with Crippen LogP contribution in [0.25, 0.3) is 0 Å². The molecule has 0 radical (unpaired) electrons. The number of aromatic nitrogens is 2. The summed E-state index contributed by atoms with van der Waals surface area (Å²) in [6.07, 6.45) is 1.77. The molecule has 1 N–H and O–H groups in total. The lowest BCUT2D eigenvalue weighted by Crippen LogP contribution is -2.37. The van der Waals surface area contributed by atoms with Gasteiger partial charge in [0, 0.05) is 40.0 Å². The normalized spacial score (nSPS) is 17.1. The van der Waals surface area contributed by atoms with Crippen LogP contribution >= 0.6 is 0 Å². The van der Waals surface area contributed by atoms with E-state index in [0.29, 0.717) is 43.8 Å². The molecule has 0 spiro atoms. The van der Waals surface area contributed by atoms with Crippen molar-refractivity contribution in [2.75, 3.05) is 59.8 Å². The molecule has 0 bridgehead atoms. The number of imide groups is 1. The number of benzene rings is 1. The second-order valence-electron chi connectivity index (χ2n) is 7.62. The van der Waals surface area contributed by atoms with Crippen molar-refractivity contribution in [1.82, 2.24) is 9.97 Å². The second kappa shape index (κ2) is 8.71. The standard InChI is InChI=1S/C20H24N6O5S/c1-24(2)19-16(13-21-20(22-19)25-9-11-31-12-10-25)23-32(29,30)15-5-3-14(4-6-15)26-17(27)7-8-18(26)28/h3-6,13,23H,7-12H2,1-2H3. The van der Waals surface area contributed by atoms with Crippen LogP contribution in [-0.4, -0.2) is 70.6 Å². The molecule has 3 heterocycles. The van der Waals surface area contributed by atoms with Crippen LogP contribution in [0.4, 0.5) is 23.1 Å². The van der Waals surface area contributed by atoms with Gasteiger partial charge in [0.1, 0.15) is 5.69 Å². The number of hydrogen-bond acceptors (Lipinski definition) is 9. The fourth-order valence-electron chi connectivity index (χ4n) is 3.54. The van der Waals surface area contributed by atoms with E-state index in [2.05, 4.69) is 14.7 Å². The van der Waals surface area contributed by atoms with E-state index in [1.807, 2.05) is 4.90 Å². The molecule has 0 unspecified atom stereocenters. The van der Waals surface area contributed by atoms with Crippen LogP contribution in [0.1, 0.15) is 12.8 Å². The van der Waals surface area contributed by atoms with Crippen molar-refractivity contribution in [3.63, 3.8) is 0 Å². The number of ether oxygens (including phenoxy) is 1. The van der Waals surface area contributed by atoms with Gasteiger partial charge in [0.15, 0.2) is 5.82 Å². The molecular formula is C20H24N6O5S. The first-order valence-corrected chi connectivity index (χ1v) is 11.6. The van der Waals surface area contributed by atoms with Crippen molar-refractivity contribution in [3.05, 3.63) is 30.5 Å². The summed E-state index contributed by atoms with van der Waals surface area (Å²) in [5.41, 5.74) is 0.588. The van der Waals surface area contributed by atoms with Gasteiger partial charge in [-0.1, -0.05) is 0 Å². The lowest BCUT2D eigenvalue weighted by molar-refractivity contribution is -0.121. The number of sulfonamides is 1. The molecule has 0 saturated carbocycles. The summed E-state index contributed by atoms with van der Waals surface area (Å²) >= 11 is 0. The third-order valence-corrected chi connectivity index (χ3v) is 6.56. The van der Waals surface area contributed by atoms with E-state index in [-0.39, 0.29) is 35.2 Å². The number of amides is 2. The Balaban J connectivity index is 1.57. The van der Waals surface area contributed by atoms with Crippen LogP contribution < -0.4 is 19.4 Å². The highest BCUT2D eigenvalue weighted by atomic mass is 32.2. The maximum atomic E-state index is 13.0. The average molecular weight is 461 g/mol. The van der Waals surface area contributed by atoms with Crippen LogP contribution in [0.15, 0.2) is 35.4 Å². The Morgan fingerprint density at radius 1 is 1.03 bits per heavy atom. The van der Waals surface area contributed by atoms with E-state index in [1.54, 1.807) is 19.0 Å². The zero-order valence-electron chi connectivity index (χ0n) is 17.8. The maximum Gasteiger partial charge on any atom is 0.262 e. The van der Waals surface area contributed by atoms with Crippen LogP contribution in [0.3, 0.4) is 0 Å². The van der Waals surface area contributed by atoms with Gasteiger partial charge >= 0.3 is 0 Å². The van der Waals surface area contributed by atoms with Crippen molar-refractivity contribution in [3.8, 4) is 0 Å². The summed E-state index contributed by atoms with van der Waals surface area (Å²) < 4.78 is 33.8. The fourth-order valence-corrected chi connectivity index (χ4v) is 4.58. The van der Waals surface area contributed by atoms with Crippen molar-refractivity contribution in [1.29, 1.82) is 0 Å². The highest BCUT2D eigenvalue weighted by Crippen LogP contribution is 2.28. The molecule has 12 heteroatoms. The van der Waals surface area contributed by atoms with Gasteiger partial charge < -0.3 is 14.5 Å². The Hall–Kier alpha value is -3.25. The number of rotatable bonds is 6. The van der Waals surface area contributed by atoms with Gasteiger partial charge in [0.2, 0.25) is 17.8 Å². The van der Waals surface area contributed by atoms with Gasteiger partial charge in [-0.3, -0.25) is 19.2 Å². The molecule has 1 aromatic heterocycles. The molecule has 0 aliphatic carbocycles. The molecular weight excluding hydrogens is 436 g/mol. The van der Waals surface area contributed by atoms with Gasteiger partial charge in [-0.15, -0.1) is 0 Å². The van der Waals surface area contributed by atoms with Crippen molar-refractivity contribution < 1.29 is 22.7 Å². The summed E-state index contributed by atoms with van der Waals surface area (Å²) in [6.45, 7) is 2.48. The number of hydrogen-bond donors (Lipinski definition) is 1. The van der Waals surface area contributed by atoms with E-state index >= 15 is 0 Å². The largest absolute Gasteiger partial charge is 0.378 e. The molecule has 11 nitrogen and oxygen atoms in total. The van der Waals surface area contributed by atoms with Crippen molar-refractivity contribution >= 4 is 45.0 Å². The fraction of sp³-hybridized carbons (Fsp3) is 0.400. The third-order valence-electron chi connectivity index (χ3n) is 5.17. The molecule has 2 aliphatic rings. The van der Waals surface area contributed by atoms with Gasteiger partial charge in [0.05, 0.1) is 30.0 Å². The number of carbonyl (C=O) groups excluding carboxylic acids is 2. The van der Waals surface area contributed by atoms with E-state index in [1.165, 1.54) is 30.5 Å². The number of nitrogens with zero attached hydrogens (tertiary/aromatic N) is 5. The Kier molecular flexibility index (Phi) is 5.98. The highest BCUT2D eigenvalue weighted by Gasteiger charge is 2.30. The molecule has 170 valence electrons. The summed E-state index contributed by atoms with van der Waals surface area (Å²) in [4.78, 5) is 37.4. The summed E-state index contributed by atoms with van der Waals surface area (Å²) in [5, 5.41) is 0. The van der Waals surface area contributed by atoms with Gasteiger partial charge in [-0.25, -0.2) is 13.4 Å². The van der Waals surface area contributed by atoms with Crippen LogP contribution in [-0.2, 0) is 24.3 Å². The first-order valence-electron chi connectivity index (χ1n) is 10.1. The predicted octanol–water partition coefficient (Wildman–Crippen LogP) is 0.833. The zero-order valence-corrected chi connectivity index (χ0v) is 18.6. The number of anilines is 4. The number of nitrogens with one attached hydrogen (secondary N) is 1. The minimum atomic E-state index is -3.95. The van der Waals surface area contributed by atoms with Crippen LogP contribution in [0.5, 0.6) is 0 Å². The minimum Gasteiger partial charge on any atom is -0.378 e. The first-order chi connectivity index (χ1) is 15.3. The maximum absolute atomic E-state index is 13.0. The molecule has 2 amide bonds. The number of morpholine rings is 1. The Morgan fingerprint density at radius 3 is 2.25 bits per heavy atom. The molecule has 2 saturated heterocycles. The smallest absolute Gasteiger partial charge is 0.262 e. The van der Waals surface area contributed by atoms with Crippen LogP contribution in [0, 0.1) is 0 Å². The lowest BCUT2D eigenvalue weighted by atomic mass is 10.3. The molecule has 32 heavy (non-hydrogen) atoms. The summed E-state index contributed by atoms with van der Waals surface area (Å²) in [5.74, 6) is 0.341. The first kappa shape index (κ1) is 22.0. The Bertz CT molecular complexity index is 1110. The zero-order chi connectivity index (χ0) is 22.9. The van der Waals surface area contributed by atoms with Crippen molar-refractivity contribution in [2.45, 2.75) is 17.7 Å². The third kappa shape index (κ3) is 4.36. The predicted molar refractivity (Wildman–Crippen MR) is 118 cm³/mol. The molecule has 2 aliphatic heterocycles. The van der Waals surface area contributed by atoms with E-state index in [4.69, 9.17) is 4.74 Å². The number of carbonyl (C=O) groups is 2. The molecule has 0 atom stereocenters. The summed E-state index contributed by atoms with van der Waals surface area (Å²) in [7, 11) is -0.421. The topological polar surface area (TPSA) is 125 Å². The SMILES string of the molecule is CN(C)c1nc(N2CCOCC2)ncc1NS(=O)(=O)c1ccc(N2C(=O)CCC2=O)cc1. The van der Waals surface area contributed by atoms with Gasteiger partial charge in [0.25, 0.3) is 10.0 Å². The Labute approximate surface area is 186 Å². The summed E-state index contributed by atoms with van der Waals surface area (Å²) in [6, 6.07) is 5.60. The molecule has 2 aromatic rings. The second-order valence-corrected chi connectivity index (χ2v) is 9.31. The van der Waals surface area contributed by atoms with Gasteiger partial charge in [-0.05, 0) is 24.3 Å². The quantitative estimate of drug-likeness (QED) is 0.624. The highest BCUT2D eigenvalue weighted by molar-refractivity contribution is 7.92. The lowest BCUT2D eigenvalue weighted by Gasteiger charge is -2.28. The monoisotopic (exact) mass is 460 g/mol. The minimum absolute atomic E-state index is 0.0118. The van der Waals surface area contributed by atoms with Crippen molar-refractivity contribution in [2.24, 2.45) is 0 Å². The molecule has 1 aromatic carbocycles.